The molecule has 3 nitrogen and oxygen atoms in total. The van der Waals surface area contributed by atoms with Gasteiger partial charge in [-0.25, -0.2) is 0 Å². The number of ether oxygens (including phenoxy) is 1. The van der Waals surface area contributed by atoms with E-state index in [-0.39, 0.29) is 12.0 Å². The van der Waals surface area contributed by atoms with Crippen LogP contribution in [0.4, 0.5) is 0 Å². The number of carbonyl (C=O) groups is 1. The molecule has 2 rings (SSSR count). The second kappa shape index (κ2) is 8.28. The Morgan fingerprint density at radius 2 is 2.15 bits per heavy atom. The Kier molecular flexibility index (Phi) is 6.69. The minimum atomic E-state index is -0.0871. The lowest BCUT2D eigenvalue weighted by Crippen LogP contribution is -2.40. The van der Waals surface area contributed by atoms with Gasteiger partial charge in [0.05, 0.1) is 6.61 Å². The summed E-state index contributed by atoms with van der Waals surface area (Å²) in [6.45, 7) is 4.72. The highest BCUT2D eigenvalue weighted by molar-refractivity contribution is 7.99. The molecule has 116 valence electrons. The molecule has 1 N–H and O–H groups in total. The fraction of sp³-hybridized carbons (Fsp3) is 0.938. The molecule has 0 saturated heterocycles. The Balaban J connectivity index is 1.68. The van der Waals surface area contributed by atoms with E-state index < -0.39 is 0 Å². The van der Waals surface area contributed by atoms with E-state index in [0.717, 1.165) is 23.3 Å². The van der Waals surface area contributed by atoms with E-state index in [9.17, 15) is 4.79 Å². The Morgan fingerprint density at radius 1 is 1.35 bits per heavy atom. The first-order valence-corrected chi connectivity index (χ1v) is 9.28. The van der Waals surface area contributed by atoms with E-state index in [1.807, 2.05) is 6.92 Å². The molecular formula is C16H29NO2S. The van der Waals surface area contributed by atoms with Crippen molar-refractivity contribution in [3.8, 4) is 0 Å². The van der Waals surface area contributed by atoms with Crippen LogP contribution in [0.1, 0.15) is 58.8 Å². The van der Waals surface area contributed by atoms with E-state index in [0.29, 0.717) is 12.6 Å². The van der Waals surface area contributed by atoms with Crippen LogP contribution in [0, 0.1) is 5.92 Å². The van der Waals surface area contributed by atoms with Crippen LogP contribution < -0.4 is 5.32 Å². The number of carbonyl (C=O) groups excluding carboxylic acids is 1. The first-order chi connectivity index (χ1) is 9.69. The average molecular weight is 299 g/mol. The van der Waals surface area contributed by atoms with Gasteiger partial charge in [-0.2, -0.15) is 11.8 Å². The smallest absolute Gasteiger partial charge is 0.323 e. The topological polar surface area (TPSA) is 38.3 Å². The van der Waals surface area contributed by atoms with Crippen molar-refractivity contribution in [1.29, 1.82) is 0 Å². The average Bonchev–Trinajstić information content (AvgIpc) is 3.22. The van der Waals surface area contributed by atoms with Gasteiger partial charge in [-0.1, -0.05) is 19.8 Å². The van der Waals surface area contributed by atoms with Crippen molar-refractivity contribution in [3.63, 3.8) is 0 Å². The standard InChI is InChI=1S/C16H29NO2S/c1-3-19-16(18)15(17-13-7-8-13)9-10-20-14-6-4-5-12(2)11-14/h12-15,17H,3-11H2,1-2H3. The summed E-state index contributed by atoms with van der Waals surface area (Å²) in [6.07, 6.45) is 8.81. The quantitative estimate of drug-likeness (QED) is 0.697. The van der Waals surface area contributed by atoms with Crippen molar-refractivity contribution in [2.75, 3.05) is 12.4 Å². The highest BCUT2D eigenvalue weighted by atomic mass is 32.2. The van der Waals surface area contributed by atoms with Crippen molar-refractivity contribution >= 4 is 17.7 Å². The number of esters is 1. The first-order valence-electron chi connectivity index (χ1n) is 8.23. The third-order valence-corrected chi connectivity index (χ3v) is 5.60. The van der Waals surface area contributed by atoms with Crippen molar-refractivity contribution < 1.29 is 9.53 Å². The third-order valence-electron chi connectivity index (χ3n) is 4.23. The Labute approximate surface area is 127 Å². The van der Waals surface area contributed by atoms with E-state index in [4.69, 9.17) is 4.74 Å². The maximum absolute atomic E-state index is 11.9. The third kappa shape index (κ3) is 5.65. The SMILES string of the molecule is CCOC(=O)C(CCSC1CCCC(C)C1)NC1CC1. The Bertz CT molecular complexity index is 307. The summed E-state index contributed by atoms with van der Waals surface area (Å²) in [6, 6.07) is 0.472. The molecule has 2 aliphatic rings. The van der Waals surface area contributed by atoms with E-state index in [2.05, 4.69) is 24.0 Å². The number of hydrogen-bond acceptors (Lipinski definition) is 4. The first kappa shape index (κ1) is 16.2. The molecule has 0 aromatic heterocycles. The fourth-order valence-corrected chi connectivity index (χ4v) is 4.43. The number of rotatable bonds is 8. The summed E-state index contributed by atoms with van der Waals surface area (Å²) in [5, 5.41) is 4.24. The van der Waals surface area contributed by atoms with E-state index in [1.54, 1.807) is 0 Å². The van der Waals surface area contributed by atoms with Crippen LogP contribution in [0.15, 0.2) is 0 Å². The largest absolute Gasteiger partial charge is 0.465 e. The lowest BCUT2D eigenvalue weighted by molar-refractivity contribution is -0.145. The monoisotopic (exact) mass is 299 g/mol. The molecule has 0 spiro atoms. The van der Waals surface area contributed by atoms with Gasteiger partial charge in [0.2, 0.25) is 0 Å². The molecule has 0 radical (unpaired) electrons. The molecule has 2 aliphatic carbocycles. The van der Waals surface area contributed by atoms with Crippen LogP contribution in [0.5, 0.6) is 0 Å². The molecular weight excluding hydrogens is 270 g/mol. The maximum atomic E-state index is 11.9. The van der Waals surface area contributed by atoms with Crippen LogP contribution in [-0.4, -0.2) is 35.7 Å². The van der Waals surface area contributed by atoms with Gasteiger partial charge >= 0.3 is 5.97 Å². The van der Waals surface area contributed by atoms with Gasteiger partial charge in [-0.15, -0.1) is 0 Å². The van der Waals surface area contributed by atoms with Gasteiger partial charge < -0.3 is 10.1 Å². The van der Waals surface area contributed by atoms with Gasteiger partial charge in [-0.3, -0.25) is 4.79 Å². The summed E-state index contributed by atoms with van der Waals surface area (Å²) in [5.74, 6) is 1.89. The summed E-state index contributed by atoms with van der Waals surface area (Å²) in [7, 11) is 0. The molecule has 3 atom stereocenters. The molecule has 0 amide bonds. The van der Waals surface area contributed by atoms with Gasteiger partial charge in [0.15, 0.2) is 0 Å². The molecule has 0 aromatic rings. The summed E-state index contributed by atoms with van der Waals surface area (Å²) in [4.78, 5) is 11.9. The van der Waals surface area contributed by atoms with Gasteiger partial charge in [-0.05, 0) is 50.7 Å². The van der Waals surface area contributed by atoms with E-state index in [1.165, 1.54) is 38.5 Å². The molecule has 2 fully saturated rings. The van der Waals surface area contributed by atoms with Crippen LogP contribution >= 0.6 is 11.8 Å². The summed E-state index contributed by atoms with van der Waals surface area (Å²) < 4.78 is 5.18. The Morgan fingerprint density at radius 3 is 2.80 bits per heavy atom. The zero-order chi connectivity index (χ0) is 14.4. The molecule has 3 unspecified atom stereocenters. The van der Waals surface area contributed by atoms with Crippen LogP contribution in [0.2, 0.25) is 0 Å². The van der Waals surface area contributed by atoms with Crippen molar-refractivity contribution in [3.05, 3.63) is 0 Å². The molecule has 0 aliphatic heterocycles. The van der Waals surface area contributed by atoms with Gasteiger partial charge in [0.25, 0.3) is 0 Å². The molecule has 0 heterocycles. The van der Waals surface area contributed by atoms with Crippen molar-refractivity contribution in [2.24, 2.45) is 5.92 Å². The second-order valence-corrected chi connectivity index (χ2v) is 7.71. The Hall–Kier alpha value is -0.220. The molecule has 0 bridgehead atoms. The maximum Gasteiger partial charge on any atom is 0.323 e. The van der Waals surface area contributed by atoms with Gasteiger partial charge in [0, 0.05) is 11.3 Å². The van der Waals surface area contributed by atoms with Gasteiger partial charge in [0.1, 0.15) is 6.04 Å². The number of hydrogen-bond donors (Lipinski definition) is 1. The minimum absolute atomic E-state index is 0.0583. The lowest BCUT2D eigenvalue weighted by Gasteiger charge is -2.26. The fourth-order valence-electron chi connectivity index (χ4n) is 2.93. The van der Waals surface area contributed by atoms with Crippen LogP contribution in [0.25, 0.3) is 0 Å². The zero-order valence-corrected chi connectivity index (χ0v) is 13.7. The summed E-state index contributed by atoms with van der Waals surface area (Å²) in [5.41, 5.74) is 0. The highest BCUT2D eigenvalue weighted by Crippen LogP contribution is 2.32. The van der Waals surface area contributed by atoms with Crippen LogP contribution in [0.3, 0.4) is 0 Å². The number of thioether (sulfide) groups is 1. The minimum Gasteiger partial charge on any atom is -0.465 e. The van der Waals surface area contributed by atoms with Crippen LogP contribution in [-0.2, 0) is 9.53 Å². The predicted molar refractivity (Wildman–Crippen MR) is 85.1 cm³/mol. The van der Waals surface area contributed by atoms with E-state index >= 15 is 0 Å². The second-order valence-electron chi connectivity index (χ2n) is 6.30. The normalized spacial score (nSPS) is 28.1. The predicted octanol–water partition coefficient (Wildman–Crippen LogP) is 3.37. The zero-order valence-electron chi connectivity index (χ0n) is 12.9. The molecule has 0 aromatic carbocycles. The molecule has 20 heavy (non-hydrogen) atoms. The van der Waals surface area contributed by atoms with Crippen molar-refractivity contribution in [1.82, 2.24) is 5.32 Å². The lowest BCUT2D eigenvalue weighted by atomic mass is 9.91. The van der Waals surface area contributed by atoms with Crippen molar-refractivity contribution in [2.45, 2.75) is 76.1 Å². The summed E-state index contributed by atoms with van der Waals surface area (Å²) >= 11 is 2.06. The number of nitrogens with one attached hydrogen (secondary N) is 1. The highest BCUT2D eigenvalue weighted by Gasteiger charge is 2.29. The molecule has 2 saturated carbocycles. The molecule has 4 heteroatoms.